The van der Waals surface area contributed by atoms with Crippen molar-refractivity contribution in [2.24, 2.45) is 5.73 Å². The summed E-state index contributed by atoms with van der Waals surface area (Å²) in [5.74, 6) is 0.763. The van der Waals surface area contributed by atoms with E-state index in [0.29, 0.717) is 17.1 Å². The molecule has 1 aromatic carbocycles. The number of nitrogens with two attached hydrogens (primary N) is 1. The van der Waals surface area contributed by atoms with Gasteiger partial charge in [-0.25, -0.2) is 4.39 Å². The summed E-state index contributed by atoms with van der Waals surface area (Å²) in [7, 11) is 3.09. The molecule has 0 fully saturated rings. The van der Waals surface area contributed by atoms with Gasteiger partial charge in [0.25, 0.3) is 0 Å². The predicted molar refractivity (Wildman–Crippen MR) is 69.8 cm³/mol. The first-order chi connectivity index (χ1) is 9.15. The molecule has 1 aromatic heterocycles. The number of halogens is 1. The van der Waals surface area contributed by atoms with Crippen molar-refractivity contribution in [1.29, 1.82) is 0 Å². The van der Waals surface area contributed by atoms with E-state index in [1.54, 1.807) is 32.4 Å². The van der Waals surface area contributed by atoms with E-state index in [0.717, 1.165) is 0 Å². The summed E-state index contributed by atoms with van der Waals surface area (Å²) in [6.45, 7) is 0. The fourth-order valence-corrected chi connectivity index (χ4v) is 1.79. The number of hydrogen-bond donors (Lipinski definition) is 1. The quantitative estimate of drug-likeness (QED) is 0.918. The molecule has 2 rings (SSSR count). The minimum atomic E-state index is -0.676. The van der Waals surface area contributed by atoms with Crippen LogP contribution in [0.5, 0.6) is 11.5 Å². The van der Waals surface area contributed by atoms with Gasteiger partial charge in [-0.3, -0.25) is 4.98 Å². The lowest BCUT2D eigenvalue weighted by molar-refractivity contribution is 0.393. The predicted octanol–water partition coefficient (Wildman–Crippen LogP) is 2.29. The molecular weight excluding hydrogens is 247 g/mol. The molecule has 0 radical (unpaired) electrons. The van der Waals surface area contributed by atoms with Gasteiger partial charge in [-0.05, 0) is 29.8 Å². The number of aromatic nitrogens is 1. The van der Waals surface area contributed by atoms with E-state index in [4.69, 9.17) is 15.2 Å². The number of methoxy groups -OCH3 is 2. The second kappa shape index (κ2) is 5.67. The highest BCUT2D eigenvalue weighted by molar-refractivity contribution is 5.42. The molecule has 1 atom stereocenters. The van der Waals surface area contributed by atoms with E-state index >= 15 is 0 Å². The molecule has 5 heteroatoms. The molecule has 0 spiro atoms. The van der Waals surface area contributed by atoms with Gasteiger partial charge in [0, 0.05) is 12.3 Å². The van der Waals surface area contributed by atoms with E-state index < -0.39 is 11.9 Å². The Morgan fingerprint density at radius 1 is 1.16 bits per heavy atom. The first-order valence-electron chi connectivity index (χ1n) is 5.74. The number of ether oxygens (including phenoxy) is 2. The summed E-state index contributed by atoms with van der Waals surface area (Å²) in [4.78, 5) is 3.98. The molecule has 0 amide bonds. The molecule has 2 N–H and O–H groups in total. The van der Waals surface area contributed by atoms with Gasteiger partial charge in [-0.1, -0.05) is 0 Å². The van der Waals surface area contributed by atoms with E-state index in [1.165, 1.54) is 18.3 Å². The lowest BCUT2D eigenvalue weighted by Gasteiger charge is -2.14. The van der Waals surface area contributed by atoms with Crippen LogP contribution in [0.4, 0.5) is 4.39 Å². The zero-order chi connectivity index (χ0) is 13.8. The minimum Gasteiger partial charge on any atom is -0.497 e. The van der Waals surface area contributed by atoms with Gasteiger partial charge in [0.05, 0.1) is 26.0 Å². The molecule has 1 heterocycles. The molecule has 0 aliphatic rings. The monoisotopic (exact) mass is 262 g/mol. The minimum absolute atomic E-state index is 0.192. The second-order valence-electron chi connectivity index (χ2n) is 3.99. The topological polar surface area (TPSA) is 57.4 Å². The maximum absolute atomic E-state index is 13.7. The smallest absolute Gasteiger partial charge is 0.146 e. The van der Waals surface area contributed by atoms with Crippen molar-refractivity contribution in [3.8, 4) is 11.5 Å². The summed E-state index contributed by atoms with van der Waals surface area (Å²) in [6.07, 6.45) is 1.51. The van der Waals surface area contributed by atoms with Crippen LogP contribution in [0.3, 0.4) is 0 Å². The molecule has 4 nitrogen and oxygen atoms in total. The van der Waals surface area contributed by atoms with Crippen molar-refractivity contribution in [3.05, 3.63) is 53.6 Å². The van der Waals surface area contributed by atoms with E-state index in [2.05, 4.69) is 4.98 Å². The molecule has 0 aliphatic heterocycles. The Morgan fingerprint density at radius 2 is 1.79 bits per heavy atom. The number of hydrogen-bond acceptors (Lipinski definition) is 4. The number of nitrogens with zero attached hydrogens (tertiary/aromatic N) is 1. The third-order valence-corrected chi connectivity index (χ3v) is 2.81. The molecule has 0 saturated carbocycles. The van der Waals surface area contributed by atoms with Gasteiger partial charge in [0.1, 0.15) is 17.3 Å². The molecule has 19 heavy (non-hydrogen) atoms. The van der Waals surface area contributed by atoms with E-state index in [9.17, 15) is 4.39 Å². The zero-order valence-corrected chi connectivity index (χ0v) is 10.8. The normalized spacial score (nSPS) is 12.0. The average Bonchev–Trinajstić information content (AvgIpc) is 2.46. The molecule has 0 saturated heterocycles. The molecule has 2 aromatic rings. The third kappa shape index (κ3) is 2.82. The van der Waals surface area contributed by atoms with Crippen LogP contribution in [0.1, 0.15) is 17.3 Å². The Kier molecular flexibility index (Phi) is 3.97. The van der Waals surface area contributed by atoms with Gasteiger partial charge in [-0.15, -0.1) is 0 Å². The van der Waals surface area contributed by atoms with Crippen LogP contribution in [-0.4, -0.2) is 19.2 Å². The molecular formula is C14H15FN2O2. The standard InChI is InChI=1S/C14H15FN2O2/c1-18-10-6-9(7-11(8-10)19-2)13(16)14-12(15)4-3-5-17-14/h3-8,13H,16H2,1-2H3. The molecule has 100 valence electrons. The summed E-state index contributed by atoms with van der Waals surface area (Å²) in [5, 5.41) is 0. The van der Waals surface area contributed by atoms with E-state index in [-0.39, 0.29) is 5.69 Å². The lowest BCUT2D eigenvalue weighted by atomic mass is 10.0. The third-order valence-electron chi connectivity index (χ3n) is 2.81. The number of pyridine rings is 1. The van der Waals surface area contributed by atoms with Crippen LogP contribution in [0.15, 0.2) is 36.5 Å². The molecule has 1 unspecified atom stereocenters. The molecule has 0 aliphatic carbocycles. The highest BCUT2D eigenvalue weighted by Crippen LogP contribution is 2.28. The van der Waals surface area contributed by atoms with Crippen molar-refractivity contribution in [2.75, 3.05) is 14.2 Å². The van der Waals surface area contributed by atoms with Crippen molar-refractivity contribution in [2.45, 2.75) is 6.04 Å². The first-order valence-corrected chi connectivity index (χ1v) is 5.74. The van der Waals surface area contributed by atoms with Crippen LogP contribution in [-0.2, 0) is 0 Å². The van der Waals surface area contributed by atoms with Gasteiger partial charge in [0.15, 0.2) is 0 Å². The summed E-state index contributed by atoms with van der Waals surface area (Å²) in [5.41, 5.74) is 6.92. The second-order valence-corrected chi connectivity index (χ2v) is 3.99. The van der Waals surface area contributed by atoms with Crippen LogP contribution < -0.4 is 15.2 Å². The Hall–Kier alpha value is -2.14. The van der Waals surface area contributed by atoms with E-state index in [1.807, 2.05) is 0 Å². The Bertz CT molecular complexity index is 553. The largest absolute Gasteiger partial charge is 0.497 e. The number of benzene rings is 1. The van der Waals surface area contributed by atoms with Crippen molar-refractivity contribution in [3.63, 3.8) is 0 Å². The van der Waals surface area contributed by atoms with Crippen LogP contribution in [0.25, 0.3) is 0 Å². The Balaban J connectivity index is 2.43. The van der Waals surface area contributed by atoms with Gasteiger partial charge >= 0.3 is 0 Å². The maximum atomic E-state index is 13.7. The van der Waals surface area contributed by atoms with Crippen LogP contribution in [0.2, 0.25) is 0 Å². The van der Waals surface area contributed by atoms with Crippen LogP contribution >= 0.6 is 0 Å². The van der Waals surface area contributed by atoms with Crippen molar-refractivity contribution in [1.82, 2.24) is 4.98 Å². The lowest BCUT2D eigenvalue weighted by Crippen LogP contribution is -2.15. The molecule has 0 bridgehead atoms. The van der Waals surface area contributed by atoms with Crippen molar-refractivity contribution >= 4 is 0 Å². The highest BCUT2D eigenvalue weighted by atomic mass is 19.1. The van der Waals surface area contributed by atoms with Crippen LogP contribution in [0, 0.1) is 5.82 Å². The Labute approximate surface area is 111 Å². The first kappa shape index (κ1) is 13.3. The van der Waals surface area contributed by atoms with Crippen molar-refractivity contribution < 1.29 is 13.9 Å². The Morgan fingerprint density at radius 3 is 2.32 bits per heavy atom. The number of rotatable bonds is 4. The summed E-state index contributed by atoms with van der Waals surface area (Å²) < 4.78 is 24.0. The van der Waals surface area contributed by atoms with Gasteiger partial charge < -0.3 is 15.2 Å². The SMILES string of the molecule is COc1cc(OC)cc(C(N)c2ncccc2F)c1. The fourth-order valence-electron chi connectivity index (χ4n) is 1.79. The fraction of sp³-hybridized carbons (Fsp3) is 0.214. The highest BCUT2D eigenvalue weighted by Gasteiger charge is 2.16. The summed E-state index contributed by atoms with van der Waals surface area (Å²) >= 11 is 0. The summed E-state index contributed by atoms with van der Waals surface area (Å²) in [6, 6.07) is 7.38. The zero-order valence-electron chi connectivity index (χ0n) is 10.8. The maximum Gasteiger partial charge on any atom is 0.146 e. The average molecular weight is 262 g/mol. The van der Waals surface area contributed by atoms with Gasteiger partial charge in [0.2, 0.25) is 0 Å². The van der Waals surface area contributed by atoms with Gasteiger partial charge in [-0.2, -0.15) is 0 Å².